The van der Waals surface area contributed by atoms with Crippen LogP contribution < -0.4 is 0 Å². The number of nitrogens with zero attached hydrogens (tertiary/aromatic N) is 1. The fourth-order valence-electron chi connectivity index (χ4n) is 2.34. The van der Waals surface area contributed by atoms with Gasteiger partial charge in [0.1, 0.15) is 6.04 Å². The van der Waals surface area contributed by atoms with Crippen molar-refractivity contribution in [2.45, 2.75) is 36.6 Å². The maximum atomic E-state index is 12.4. The van der Waals surface area contributed by atoms with E-state index < -0.39 is 12.0 Å². The SMILES string of the molecule is CCC1SCC(C(=O)O)N1C(=O)CSc1ccccc1C. The molecule has 1 aliphatic rings. The molecule has 1 amide bonds. The van der Waals surface area contributed by atoms with Crippen molar-refractivity contribution in [2.75, 3.05) is 11.5 Å². The monoisotopic (exact) mass is 325 g/mol. The maximum absolute atomic E-state index is 12.4. The van der Waals surface area contributed by atoms with Gasteiger partial charge in [0.2, 0.25) is 5.91 Å². The van der Waals surface area contributed by atoms with Crippen molar-refractivity contribution in [3.63, 3.8) is 0 Å². The van der Waals surface area contributed by atoms with Crippen molar-refractivity contribution in [3.05, 3.63) is 29.8 Å². The zero-order valence-corrected chi connectivity index (χ0v) is 13.7. The predicted octanol–water partition coefficient (Wildman–Crippen LogP) is 2.85. The van der Waals surface area contributed by atoms with E-state index in [1.54, 1.807) is 16.7 Å². The lowest BCUT2D eigenvalue weighted by molar-refractivity contribution is -0.148. The Kier molecular flexibility index (Phi) is 5.58. The third-order valence-corrected chi connectivity index (χ3v) is 6.07. The molecular weight excluding hydrogens is 306 g/mol. The van der Waals surface area contributed by atoms with E-state index in [9.17, 15) is 14.7 Å². The minimum Gasteiger partial charge on any atom is -0.480 e. The molecule has 0 radical (unpaired) electrons. The van der Waals surface area contributed by atoms with Crippen LogP contribution in [0.25, 0.3) is 0 Å². The topological polar surface area (TPSA) is 57.6 Å². The van der Waals surface area contributed by atoms with Gasteiger partial charge in [-0.2, -0.15) is 0 Å². The lowest BCUT2D eigenvalue weighted by Gasteiger charge is -2.26. The van der Waals surface area contributed by atoms with Crippen molar-refractivity contribution in [1.82, 2.24) is 4.90 Å². The summed E-state index contributed by atoms with van der Waals surface area (Å²) in [4.78, 5) is 26.4. The minimum absolute atomic E-state index is 0.0175. The third kappa shape index (κ3) is 3.74. The first kappa shape index (κ1) is 16.2. The molecule has 0 spiro atoms. The summed E-state index contributed by atoms with van der Waals surface area (Å²) < 4.78 is 0. The van der Waals surface area contributed by atoms with Crippen LogP contribution in [0, 0.1) is 6.92 Å². The molecule has 1 aromatic carbocycles. The third-order valence-electron chi connectivity index (χ3n) is 3.46. The highest BCUT2D eigenvalue weighted by molar-refractivity contribution is 8.00. The molecule has 6 heteroatoms. The van der Waals surface area contributed by atoms with Gasteiger partial charge in [-0.05, 0) is 25.0 Å². The second-order valence-corrected chi connectivity index (χ2v) is 7.13. The first-order valence-corrected chi connectivity index (χ1v) is 8.92. The van der Waals surface area contributed by atoms with Gasteiger partial charge in [-0.3, -0.25) is 4.79 Å². The quantitative estimate of drug-likeness (QED) is 0.844. The van der Waals surface area contributed by atoms with Crippen LogP contribution in [-0.4, -0.2) is 44.8 Å². The fraction of sp³-hybridized carbons (Fsp3) is 0.467. The zero-order chi connectivity index (χ0) is 15.4. The number of carbonyl (C=O) groups is 2. The van der Waals surface area contributed by atoms with Gasteiger partial charge in [0, 0.05) is 10.6 Å². The lowest BCUT2D eigenvalue weighted by Crippen LogP contribution is -2.46. The standard InChI is InChI=1S/C15H19NO3S2/c1-3-14-16(11(8-21-14)15(18)19)13(17)9-20-12-7-5-4-6-10(12)2/h4-7,11,14H,3,8-9H2,1-2H3,(H,18,19). The van der Waals surface area contributed by atoms with Crippen molar-refractivity contribution in [3.8, 4) is 0 Å². The van der Waals surface area contributed by atoms with Gasteiger partial charge in [0.25, 0.3) is 0 Å². The second-order valence-electron chi connectivity index (χ2n) is 4.91. The molecule has 21 heavy (non-hydrogen) atoms. The van der Waals surface area contributed by atoms with Crippen LogP contribution in [0.1, 0.15) is 18.9 Å². The van der Waals surface area contributed by atoms with Crippen LogP contribution in [0.5, 0.6) is 0 Å². The van der Waals surface area contributed by atoms with E-state index in [0.717, 1.165) is 16.9 Å². The van der Waals surface area contributed by atoms with E-state index in [4.69, 9.17) is 0 Å². The second kappa shape index (κ2) is 7.22. The fourth-order valence-corrected chi connectivity index (χ4v) is 4.60. The Morgan fingerprint density at radius 3 is 2.76 bits per heavy atom. The number of benzene rings is 1. The van der Waals surface area contributed by atoms with Gasteiger partial charge in [-0.1, -0.05) is 25.1 Å². The molecule has 1 fully saturated rings. The normalized spacial score (nSPS) is 21.5. The molecule has 0 aliphatic carbocycles. The first-order chi connectivity index (χ1) is 10.0. The van der Waals surface area contributed by atoms with Crippen LogP contribution in [0.4, 0.5) is 0 Å². The van der Waals surface area contributed by atoms with E-state index in [2.05, 4.69) is 0 Å². The van der Waals surface area contributed by atoms with Crippen LogP contribution in [0.2, 0.25) is 0 Å². The molecule has 0 saturated carbocycles. The zero-order valence-electron chi connectivity index (χ0n) is 12.1. The number of aryl methyl sites for hydroxylation is 1. The lowest BCUT2D eigenvalue weighted by atomic mass is 10.2. The molecule has 2 unspecified atom stereocenters. The Labute approximate surface area is 133 Å². The first-order valence-electron chi connectivity index (χ1n) is 6.88. The number of carbonyl (C=O) groups excluding carboxylic acids is 1. The molecule has 0 bridgehead atoms. The number of aliphatic carboxylic acids is 1. The Balaban J connectivity index is 2.04. The van der Waals surface area contributed by atoms with E-state index >= 15 is 0 Å². The maximum Gasteiger partial charge on any atom is 0.327 e. The van der Waals surface area contributed by atoms with Crippen molar-refractivity contribution < 1.29 is 14.7 Å². The van der Waals surface area contributed by atoms with E-state index in [-0.39, 0.29) is 17.0 Å². The van der Waals surface area contributed by atoms with Crippen LogP contribution >= 0.6 is 23.5 Å². The average molecular weight is 325 g/mol. The Bertz CT molecular complexity index is 535. The van der Waals surface area contributed by atoms with Gasteiger partial charge in [0.05, 0.1) is 11.1 Å². The molecule has 1 saturated heterocycles. The largest absolute Gasteiger partial charge is 0.480 e. The highest BCUT2D eigenvalue weighted by Crippen LogP contribution is 2.32. The number of carboxylic acid groups (broad SMARTS) is 1. The smallest absolute Gasteiger partial charge is 0.327 e. The van der Waals surface area contributed by atoms with Gasteiger partial charge in [0.15, 0.2) is 0 Å². The van der Waals surface area contributed by atoms with Crippen molar-refractivity contribution in [1.29, 1.82) is 0 Å². The number of amides is 1. The van der Waals surface area contributed by atoms with Crippen molar-refractivity contribution >= 4 is 35.4 Å². The molecule has 2 atom stereocenters. The summed E-state index contributed by atoms with van der Waals surface area (Å²) in [6, 6.07) is 7.21. The van der Waals surface area contributed by atoms with Gasteiger partial charge < -0.3 is 10.0 Å². The molecular formula is C15H19NO3S2. The summed E-state index contributed by atoms with van der Waals surface area (Å²) in [6.07, 6.45) is 0.773. The van der Waals surface area contributed by atoms with E-state index in [0.29, 0.717) is 5.75 Å². The number of rotatable bonds is 5. The summed E-state index contributed by atoms with van der Waals surface area (Å²) in [5.41, 5.74) is 1.13. The van der Waals surface area contributed by atoms with Gasteiger partial charge >= 0.3 is 5.97 Å². The number of carboxylic acids is 1. The van der Waals surface area contributed by atoms with Crippen LogP contribution in [-0.2, 0) is 9.59 Å². The molecule has 1 aromatic rings. The number of thioether (sulfide) groups is 2. The average Bonchev–Trinajstić information content (AvgIpc) is 2.90. The van der Waals surface area contributed by atoms with Gasteiger partial charge in [-0.25, -0.2) is 4.79 Å². The molecule has 114 valence electrons. The minimum atomic E-state index is -0.910. The van der Waals surface area contributed by atoms with E-state index in [1.165, 1.54) is 11.8 Å². The molecule has 1 aliphatic heterocycles. The number of hydrogen-bond acceptors (Lipinski definition) is 4. The summed E-state index contributed by atoms with van der Waals surface area (Å²) in [5, 5.41) is 9.24. The van der Waals surface area contributed by atoms with Crippen LogP contribution in [0.3, 0.4) is 0 Å². The predicted molar refractivity (Wildman–Crippen MR) is 86.7 cm³/mol. The highest BCUT2D eigenvalue weighted by atomic mass is 32.2. The Morgan fingerprint density at radius 2 is 2.14 bits per heavy atom. The molecule has 0 aromatic heterocycles. The summed E-state index contributed by atoms with van der Waals surface area (Å²) in [5.74, 6) is -0.236. The Morgan fingerprint density at radius 1 is 1.43 bits per heavy atom. The molecule has 4 nitrogen and oxygen atoms in total. The highest BCUT2D eigenvalue weighted by Gasteiger charge is 2.40. The summed E-state index contributed by atoms with van der Waals surface area (Å²) in [6.45, 7) is 3.99. The van der Waals surface area contributed by atoms with Gasteiger partial charge in [-0.15, -0.1) is 23.5 Å². The molecule has 1 heterocycles. The Hall–Kier alpha value is -1.14. The summed E-state index contributed by atoms with van der Waals surface area (Å²) >= 11 is 3.03. The van der Waals surface area contributed by atoms with Crippen LogP contribution in [0.15, 0.2) is 29.2 Å². The van der Waals surface area contributed by atoms with E-state index in [1.807, 2.05) is 38.1 Å². The molecule has 2 rings (SSSR count). The summed E-state index contributed by atoms with van der Waals surface area (Å²) in [7, 11) is 0. The van der Waals surface area contributed by atoms with Crippen molar-refractivity contribution in [2.24, 2.45) is 0 Å². The molecule has 1 N–H and O–H groups in total. The number of hydrogen-bond donors (Lipinski definition) is 1.